The van der Waals surface area contributed by atoms with Gasteiger partial charge in [0.25, 0.3) is 0 Å². The van der Waals surface area contributed by atoms with E-state index in [1.54, 1.807) is 0 Å². The largest absolute Gasteiger partial charge is 0.323 e. The Balaban J connectivity index is 2.01. The SMILES string of the molecule is CCCCC1NC(CCC)N(C2CCN(C)CC2)C1=O. The van der Waals surface area contributed by atoms with E-state index in [0.717, 1.165) is 58.0 Å². The van der Waals surface area contributed by atoms with E-state index in [1.165, 1.54) is 0 Å². The van der Waals surface area contributed by atoms with Gasteiger partial charge in [-0.25, -0.2) is 0 Å². The number of nitrogens with one attached hydrogen (secondary N) is 1. The number of carbonyl (C=O) groups excluding carboxylic acids is 1. The van der Waals surface area contributed by atoms with Gasteiger partial charge in [0.05, 0.1) is 12.2 Å². The predicted octanol–water partition coefficient (Wildman–Crippen LogP) is 2.20. The van der Waals surface area contributed by atoms with Crippen LogP contribution in [0.3, 0.4) is 0 Å². The third-order valence-electron chi connectivity index (χ3n) is 4.77. The van der Waals surface area contributed by atoms with Crippen LogP contribution in [-0.4, -0.2) is 54.1 Å². The number of carbonyl (C=O) groups is 1. The smallest absolute Gasteiger partial charge is 0.241 e. The van der Waals surface area contributed by atoms with Crippen LogP contribution in [0.25, 0.3) is 0 Å². The first kappa shape index (κ1) is 15.8. The molecule has 0 aromatic heterocycles. The van der Waals surface area contributed by atoms with Gasteiger partial charge in [-0.2, -0.15) is 0 Å². The minimum absolute atomic E-state index is 0.0751. The second-order valence-electron chi connectivity index (χ2n) is 6.45. The Morgan fingerprint density at radius 3 is 2.45 bits per heavy atom. The summed E-state index contributed by atoms with van der Waals surface area (Å²) in [4.78, 5) is 17.3. The summed E-state index contributed by atoms with van der Waals surface area (Å²) in [5.74, 6) is 0.367. The van der Waals surface area contributed by atoms with E-state index < -0.39 is 0 Å². The molecule has 2 aliphatic heterocycles. The first-order chi connectivity index (χ1) is 9.67. The van der Waals surface area contributed by atoms with Crippen molar-refractivity contribution in [1.82, 2.24) is 15.1 Å². The Morgan fingerprint density at radius 2 is 1.85 bits per heavy atom. The van der Waals surface area contributed by atoms with Gasteiger partial charge < -0.3 is 9.80 Å². The molecular weight excluding hydrogens is 250 g/mol. The lowest BCUT2D eigenvalue weighted by Crippen LogP contribution is -2.49. The number of rotatable bonds is 6. The molecule has 2 fully saturated rings. The van der Waals surface area contributed by atoms with Crippen molar-refractivity contribution < 1.29 is 4.79 Å². The van der Waals surface area contributed by atoms with Crippen molar-refractivity contribution in [2.75, 3.05) is 20.1 Å². The predicted molar refractivity (Wildman–Crippen MR) is 82.5 cm³/mol. The molecule has 2 rings (SSSR count). The van der Waals surface area contributed by atoms with Gasteiger partial charge in [0.15, 0.2) is 0 Å². The first-order valence-electron chi connectivity index (χ1n) is 8.44. The Bertz CT molecular complexity index is 313. The summed E-state index contributed by atoms with van der Waals surface area (Å²) in [5, 5.41) is 3.60. The normalized spacial score (nSPS) is 29.4. The number of nitrogens with zero attached hydrogens (tertiary/aromatic N) is 2. The van der Waals surface area contributed by atoms with E-state index >= 15 is 0 Å². The molecule has 2 aliphatic rings. The summed E-state index contributed by atoms with van der Waals surface area (Å²) in [6.45, 7) is 6.63. The van der Waals surface area contributed by atoms with Gasteiger partial charge in [0, 0.05) is 6.04 Å². The summed E-state index contributed by atoms with van der Waals surface area (Å²) in [6, 6.07) is 0.528. The lowest BCUT2D eigenvalue weighted by atomic mass is 10.0. The molecule has 0 aliphatic carbocycles. The van der Waals surface area contributed by atoms with Crippen molar-refractivity contribution in [3.05, 3.63) is 0 Å². The van der Waals surface area contributed by atoms with Gasteiger partial charge in [-0.3, -0.25) is 10.1 Å². The molecule has 2 atom stereocenters. The first-order valence-corrected chi connectivity index (χ1v) is 8.44. The molecule has 2 saturated heterocycles. The van der Waals surface area contributed by atoms with Crippen molar-refractivity contribution in [3.63, 3.8) is 0 Å². The molecule has 20 heavy (non-hydrogen) atoms. The summed E-state index contributed by atoms with van der Waals surface area (Å²) in [6.07, 6.45) is 8.06. The zero-order valence-corrected chi connectivity index (χ0v) is 13.4. The van der Waals surface area contributed by atoms with E-state index in [4.69, 9.17) is 0 Å². The van der Waals surface area contributed by atoms with Crippen LogP contribution in [0.4, 0.5) is 0 Å². The summed E-state index contributed by atoms with van der Waals surface area (Å²) in [5.41, 5.74) is 0. The molecule has 0 saturated carbocycles. The van der Waals surface area contributed by atoms with Gasteiger partial charge in [0.1, 0.15) is 0 Å². The molecule has 4 nitrogen and oxygen atoms in total. The number of amides is 1. The monoisotopic (exact) mass is 281 g/mol. The molecule has 0 aromatic carbocycles. The van der Waals surface area contributed by atoms with E-state index in [1.807, 2.05) is 0 Å². The van der Waals surface area contributed by atoms with Crippen molar-refractivity contribution in [2.24, 2.45) is 0 Å². The van der Waals surface area contributed by atoms with Crippen LogP contribution in [-0.2, 0) is 4.79 Å². The Kier molecular flexibility index (Phi) is 5.85. The minimum atomic E-state index is 0.0751. The number of hydrogen-bond acceptors (Lipinski definition) is 3. The van der Waals surface area contributed by atoms with Crippen LogP contribution in [0.2, 0.25) is 0 Å². The maximum atomic E-state index is 12.7. The number of unbranched alkanes of at least 4 members (excludes halogenated alkanes) is 1. The molecule has 2 unspecified atom stereocenters. The lowest BCUT2D eigenvalue weighted by Gasteiger charge is -2.38. The molecule has 0 aromatic rings. The third kappa shape index (κ3) is 3.53. The molecule has 0 bridgehead atoms. The van der Waals surface area contributed by atoms with Crippen LogP contribution >= 0.6 is 0 Å². The van der Waals surface area contributed by atoms with Gasteiger partial charge in [0.2, 0.25) is 5.91 Å². The highest BCUT2D eigenvalue weighted by Crippen LogP contribution is 2.26. The van der Waals surface area contributed by atoms with Crippen LogP contribution in [0.15, 0.2) is 0 Å². The average Bonchev–Trinajstić information content (AvgIpc) is 2.74. The molecule has 2 heterocycles. The van der Waals surface area contributed by atoms with Gasteiger partial charge in [-0.1, -0.05) is 33.1 Å². The summed E-state index contributed by atoms with van der Waals surface area (Å²) < 4.78 is 0. The van der Waals surface area contributed by atoms with Crippen LogP contribution in [0.1, 0.15) is 58.8 Å². The molecule has 4 heteroatoms. The van der Waals surface area contributed by atoms with E-state index in [9.17, 15) is 4.79 Å². The van der Waals surface area contributed by atoms with Crippen LogP contribution < -0.4 is 5.32 Å². The van der Waals surface area contributed by atoms with E-state index in [-0.39, 0.29) is 12.2 Å². The fourth-order valence-corrected chi connectivity index (χ4v) is 3.54. The van der Waals surface area contributed by atoms with Crippen molar-refractivity contribution in [2.45, 2.75) is 77.0 Å². The lowest BCUT2D eigenvalue weighted by molar-refractivity contribution is -0.133. The fraction of sp³-hybridized carbons (Fsp3) is 0.938. The molecule has 0 radical (unpaired) electrons. The fourth-order valence-electron chi connectivity index (χ4n) is 3.54. The van der Waals surface area contributed by atoms with Gasteiger partial charge in [-0.15, -0.1) is 0 Å². The molecular formula is C16H31N3O. The number of piperidine rings is 1. The standard InChI is InChI=1S/C16H31N3O/c1-4-6-8-14-16(20)19(15(17-14)7-5-2)13-9-11-18(3)12-10-13/h13-15,17H,4-12H2,1-3H3. The minimum Gasteiger partial charge on any atom is -0.323 e. The Hall–Kier alpha value is -0.610. The maximum Gasteiger partial charge on any atom is 0.241 e. The second kappa shape index (κ2) is 7.41. The van der Waals surface area contributed by atoms with E-state index in [0.29, 0.717) is 11.9 Å². The topological polar surface area (TPSA) is 35.6 Å². The van der Waals surface area contributed by atoms with Crippen LogP contribution in [0, 0.1) is 0 Å². The van der Waals surface area contributed by atoms with Gasteiger partial charge in [-0.05, 0) is 45.8 Å². The Labute approximate surface area is 123 Å². The van der Waals surface area contributed by atoms with Crippen molar-refractivity contribution in [3.8, 4) is 0 Å². The average molecular weight is 281 g/mol. The second-order valence-corrected chi connectivity index (χ2v) is 6.45. The molecule has 1 amide bonds. The number of hydrogen-bond donors (Lipinski definition) is 1. The Morgan fingerprint density at radius 1 is 1.15 bits per heavy atom. The van der Waals surface area contributed by atoms with Crippen molar-refractivity contribution >= 4 is 5.91 Å². The van der Waals surface area contributed by atoms with Crippen molar-refractivity contribution in [1.29, 1.82) is 0 Å². The van der Waals surface area contributed by atoms with Gasteiger partial charge >= 0.3 is 0 Å². The third-order valence-corrected chi connectivity index (χ3v) is 4.77. The number of likely N-dealkylation sites (tertiary alicyclic amines) is 1. The highest BCUT2D eigenvalue weighted by molar-refractivity contribution is 5.84. The molecule has 1 N–H and O–H groups in total. The summed E-state index contributed by atoms with van der Waals surface area (Å²) >= 11 is 0. The zero-order valence-electron chi connectivity index (χ0n) is 13.4. The highest BCUT2D eigenvalue weighted by atomic mass is 16.2. The summed E-state index contributed by atoms with van der Waals surface area (Å²) in [7, 11) is 2.17. The highest BCUT2D eigenvalue weighted by Gasteiger charge is 2.41. The van der Waals surface area contributed by atoms with Crippen LogP contribution in [0.5, 0.6) is 0 Å². The quantitative estimate of drug-likeness (QED) is 0.811. The zero-order chi connectivity index (χ0) is 14.5. The molecule has 0 spiro atoms. The van der Waals surface area contributed by atoms with E-state index in [2.05, 4.69) is 36.0 Å². The molecule has 116 valence electrons. The maximum absolute atomic E-state index is 12.7.